The van der Waals surface area contributed by atoms with E-state index < -0.39 is 0 Å². The standard InChI is InChI=1S/C24H30N4O2/c1-27(17-18-8-3-2-4-9-18)14-7-13-25-23(29)19-11-12-21-20(16-19)26-24(30)22-10-5-6-15-28(21)22/h2-4,8-9,11-12,16,22H,5-7,10,13-15,17H2,1H3,(H,25,29)(H,26,30)/t22-/m1/s1. The molecule has 1 fully saturated rings. The molecule has 30 heavy (non-hydrogen) atoms. The van der Waals surface area contributed by atoms with Crippen molar-refractivity contribution in [1.29, 1.82) is 0 Å². The minimum Gasteiger partial charge on any atom is -0.358 e. The molecule has 1 atom stereocenters. The second kappa shape index (κ2) is 9.30. The summed E-state index contributed by atoms with van der Waals surface area (Å²) >= 11 is 0. The number of rotatable bonds is 7. The van der Waals surface area contributed by atoms with Crippen molar-refractivity contribution >= 4 is 23.2 Å². The number of hydrogen-bond donors (Lipinski definition) is 2. The Morgan fingerprint density at radius 1 is 1.20 bits per heavy atom. The summed E-state index contributed by atoms with van der Waals surface area (Å²) < 4.78 is 0. The van der Waals surface area contributed by atoms with Crippen LogP contribution in [0, 0.1) is 0 Å². The minimum atomic E-state index is -0.0986. The lowest BCUT2D eigenvalue weighted by atomic mass is 9.97. The Hall–Kier alpha value is -2.86. The maximum Gasteiger partial charge on any atom is 0.251 e. The van der Waals surface area contributed by atoms with Gasteiger partial charge < -0.3 is 20.4 Å². The molecule has 6 nitrogen and oxygen atoms in total. The van der Waals surface area contributed by atoms with Gasteiger partial charge in [0.05, 0.1) is 11.4 Å². The van der Waals surface area contributed by atoms with E-state index in [1.165, 1.54) is 5.56 Å². The molecule has 1 saturated heterocycles. The molecule has 0 aromatic heterocycles. The topological polar surface area (TPSA) is 64.7 Å². The van der Waals surface area contributed by atoms with Gasteiger partial charge in [-0.15, -0.1) is 0 Å². The van der Waals surface area contributed by atoms with Crippen LogP contribution in [0.2, 0.25) is 0 Å². The molecule has 2 heterocycles. The zero-order chi connectivity index (χ0) is 20.9. The third-order valence-electron chi connectivity index (χ3n) is 5.93. The van der Waals surface area contributed by atoms with Crippen molar-refractivity contribution in [2.45, 2.75) is 38.3 Å². The monoisotopic (exact) mass is 406 g/mol. The van der Waals surface area contributed by atoms with Crippen LogP contribution in [0.3, 0.4) is 0 Å². The number of amides is 2. The van der Waals surface area contributed by atoms with Gasteiger partial charge in [0.2, 0.25) is 5.91 Å². The quantitative estimate of drug-likeness (QED) is 0.693. The molecular formula is C24H30N4O2. The highest BCUT2D eigenvalue weighted by Gasteiger charge is 2.34. The number of anilines is 2. The van der Waals surface area contributed by atoms with Gasteiger partial charge in [0.1, 0.15) is 6.04 Å². The first kappa shape index (κ1) is 20.4. The van der Waals surface area contributed by atoms with Crippen LogP contribution in [0.5, 0.6) is 0 Å². The first-order valence-corrected chi connectivity index (χ1v) is 10.8. The summed E-state index contributed by atoms with van der Waals surface area (Å²) in [5, 5.41) is 5.99. The molecule has 0 aliphatic carbocycles. The van der Waals surface area contributed by atoms with E-state index in [1.54, 1.807) is 6.07 Å². The van der Waals surface area contributed by atoms with Gasteiger partial charge in [0.15, 0.2) is 0 Å². The number of benzene rings is 2. The van der Waals surface area contributed by atoms with E-state index in [1.807, 2.05) is 18.2 Å². The molecule has 2 aliphatic heterocycles. The molecule has 2 aliphatic rings. The Kier molecular flexibility index (Phi) is 6.33. The van der Waals surface area contributed by atoms with Gasteiger partial charge in [0, 0.05) is 25.2 Å². The minimum absolute atomic E-state index is 0.0428. The van der Waals surface area contributed by atoms with Crippen LogP contribution in [-0.2, 0) is 11.3 Å². The molecule has 2 N–H and O–H groups in total. The van der Waals surface area contributed by atoms with E-state index in [0.717, 1.165) is 56.7 Å². The average molecular weight is 407 g/mol. The van der Waals surface area contributed by atoms with Gasteiger partial charge in [0.25, 0.3) is 5.91 Å². The Labute approximate surface area is 178 Å². The van der Waals surface area contributed by atoms with Crippen LogP contribution >= 0.6 is 0 Å². The van der Waals surface area contributed by atoms with Crippen LogP contribution < -0.4 is 15.5 Å². The van der Waals surface area contributed by atoms with Gasteiger partial charge >= 0.3 is 0 Å². The van der Waals surface area contributed by atoms with E-state index in [0.29, 0.717) is 12.1 Å². The maximum atomic E-state index is 12.6. The SMILES string of the molecule is CN(CCCNC(=O)c1ccc2c(c1)NC(=O)[C@H]1CCCCN21)Cc1ccccc1. The van der Waals surface area contributed by atoms with Gasteiger partial charge in [-0.05, 0) is 63.0 Å². The van der Waals surface area contributed by atoms with Crippen molar-refractivity contribution in [3.05, 3.63) is 59.7 Å². The highest BCUT2D eigenvalue weighted by molar-refractivity contribution is 6.05. The van der Waals surface area contributed by atoms with E-state index in [4.69, 9.17) is 0 Å². The van der Waals surface area contributed by atoms with E-state index in [-0.39, 0.29) is 17.9 Å². The number of piperidine rings is 1. The van der Waals surface area contributed by atoms with Crippen molar-refractivity contribution in [1.82, 2.24) is 10.2 Å². The molecule has 0 saturated carbocycles. The van der Waals surface area contributed by atoms with Gasteiger partial charge in [-0.2, -0.15) is 0 Å². The van der Waals surface area contributed by atoms with Crippen LogP contribution in [0.1, 0.15) is 41.6 Å². The Balaban J connectivity index is 1.28. The Morgan fingerprint density at radius 3 is 2.87 bits per heavy atom. The van der Waals surface area contributed by atoms with Crippen molar-refractivity contribution in [2.75, 3.05) is 36.9 Å². The predicted octanol–water partition coefficient (Wildman–Crippen LogP) is 3.25. The van der Waals surface area contributed by atoms with E-state index in [9.17, 15) is 9.59 Å². The summed E-state index contributed by atoms with van der Waals surface area (Å²) in [6, 6.07) is 15.9. The molecule has 6 heteroatoms. The van der Waals surface area contributed by atoms with E-state index in [2.05, 4.69) is 51.7 Å². The molecule has 158 valence electrons. The Morgan fingerprint density at radius 2 is 2.03 bits per heavy atom. The second-order valence-corrected chi connectivity index (χ2v) is 8.26. The number of hydrogen-bond acceptors (Lipinski definition) is 4. The molecule has 0 spiro atoms. The smallest absolute Gasteiger partial charge is 0.251 e. The van der Waals surface area contributed by atoms with E-state index >= 15 is 0 Å². The normalized spacial score (nSPS) is 17.9. The molecule has 2 aromatic rings. The number of carbonyl (C=O) groups is 2. The Bertz CT molecular complexity index is 899. The largest absolute Gasteiger partial charge is 0.358 e. The summed E-state index contributed by atoms with van der Waals surface area (Å²) in [5.74, 6) is -0.0558. The number of nitrogens with one attached hydrogen (secondary N) is 2. The maximum absolute atomic E-state index is 12.6. The molecule has 0 bridgehead atoms. The lowest BCUT2D eigenvalue weighted by Crippen LogP contribution is -2.50. The predicted molar refractivity (Wildman–Crippen MR) is 120 cm³/mol. The highest BCUT2D eigenvalue weighted by atomic mass is 16.2. The number of carbonyl (C=O) groups excluding carboxylic acids is 2. The van der Waals surface area contributed by atoms with Gasteiger partial charge in [-0.25, -0.2) is 0 Å². The van der Waals surface area contributed by atoms with Crippen molar-refractivity contribution < 1.29 is 9.59 Å². The summed E-state index contributed by atoms with van der Waals surface area (Å²) in [4.78, 5) is 29.4. The molecule has 4 rings (SSSR count). The van der Waals surface area contributed by atoms with Gasteiger partial charge in [-0.3, -0.25) is 9.59 Å². The third-order valence-corrected chi connectivity index (χ3v) is 5.93. The van der Waals surface area contributed by atoms with Crippen LogP contribution in [0.4, 0.5) is 11.4 Å². The molecule has 0 radical (unpaired) electrons. The first-order valence-electron chi connectivity index (χ1n) is 10.8. The molecular weight excluding hydrogens is 376 g/mol. The number of nitrogens with zero attached hydrogens (tertiary/aromatic N) is 2. The zero-order valence-corrected chi connectivity index (χ0v) is 17.6. The van der Waals surface area contributed by atoms with Crippen LogP contribution in [0.25, 0.3) is 0 Å². The zero-order valence-electron chi connectivity index (χ0n) is 17.6. The summed E-state index contributed by atoms with van der Waals surface area (Å²) in [7, 11) is 2.09. The number of fused-ring (bicyclic) bond motifs is 3. The lowest BCUT2D eigenvalue weighted by Gasteiger charge is -2.41. The summed E-state index contributed by atoms with van der Waals surface area (Å²) in [6.45, 7) is 3.32. The summed E-state index contributed by atoms with van der Waals surface area (Å²) in [5.41, 5.74) is 3.64. The average Bonchev–Trinajstić information content (AvgIpc) is 2.77. The van der Waals surface area contributed by atoms with Crippen molar-refractivity contribution in [3.8, 4) is 0 Å². The fraction of sp³-hybridized carbons (Fsp3) is 0.417. The second-order valence-electron chi connectivity index (χ2n) is 8.26. The molecule has 0 unspecified atom stereocenters. The van der Waals surface area contributed by atoms with Crippen molar-refractivity contribution in [3.63, 3.8) is 0 Å². The van der Waals surface area contributed by atoms with Crippen molar-refractivity contribution in [2.24, 2.45) is 0 Å². The lowest BCUT2D eigenvalue weighted by molar-refractivity contribution is -0.118. The molecule has 2 aromatic carbocycles. The van der Waals surface area contributed by atoms with Crippen LogP contribution in [0.15, 0.2) is 48.5 Å². The molecule has 2 amide bonds. The van der Waals surface area contributed by atoms with Gasteiger partial charge in [-0.1, -0.05) is 30.3 Å². The third kappa shape index (κ3) is 4.65. The fourth-order valence-electron chi connectivity index (χ4n) is 4.36. The summed E-state index contributed by atoms with van der Waals surface area (Å²) in [6.07, 6.45) is 3.97. The first-order chi connectivity index (χ1) is 14.6. The highest BCUT2D eigenvalue weighted by Crippen LogP contribution is 2.36. The fourth-order valence-corrected chi connectivity index (χ4v) is 4.36. The van der Waals surface area contributed by atoms with Crippen LogP contribution in [-0.4, -0.2) is 49.4 Å².